The van der Waals surface area contributed by atoms with E-state index in [1.165, 1.54) is 36.6 Å². The molecule has 0 saturated carbocycles. The molecule has 0 radical (unpaired) electrons. The molecule has 0 aliphatic rings. The van der Waals surface area contributed by atoms with Crippen molar-refractivity contribution < 1.29 is 19.4 Å². The topological polar surface area (TPSA) is 86.5 Å². The minimum atomic E-state index is -2.04. The van der Waals surface area contributed by atoms with Gasteiger partial charge in [-0.3, -0.25) is 0 Å². The SMILES string of the molecule is COC(=O)C(O)(Cn1cncn1)c1ccc(Oc2ccc(Cl)cc2)cc1Cl. The summed E-state index contributed by atoms with van der Waals surface area (Å²) in [6, 6.07) is 11.4. The molecule has 0 spiro atoms. The Bertz CT molecular complexity index is 932. The summed E-state index contributed by atoms with van der Waals surface area (Å²) in [4.78, 5) is 16.1. The van der Waals surface area contributed by atoms with Gasteiger partial charge in [-0.25, -0.2) is 14.5 Å². The molecular formula is C18H15Cl2N3O4. The molecule has 1 aromatic heterocycles. The molecule has 9 heteroatoms. The van der Waals surface area contributed by atoms with Crippen molar-refractivity contribution in [3.05, 3.63) is 70.7 Å². The standard InChI is InChI=1S/C18H15Cl2N3O4/c1-26-17(24)18(25,9-23-11-21-10-22-23)15-7-6-14(8-16(15)20)27-13-4-2-12(19)3-5-13/h2-8,10-11,25H,9H2,1H3. The Labute approximate surface area is 165 Å². The van der Waals surface area contributed by atoms with Crippen LogP contribution in [0.3, 0.4) is 0 Å². The van der Waals surface area contributed by atoms with Gasteiger partial charge in [0.05, 0.1) is 18.7 Å². The van der Waals surface area contributed by atoms with E-state index in [0.29, 0.717) is 16.5 Å². The fourth-order valence-electron chi connectivity index (χ4n) is 2.51. The first-order chi connectivity index (χ1) is 12.9. The highest BCUT2D eigenvalue weighted by atomic mass is 35.5. The van der Waals surface area contributed by atoms with Crippen LogP contribution in [0.5, 0.6) is 11.5 Å². The minimum Gasteiger partial charge on any atom is -0.467 e. The number of esters is 1. The van der Waals surface area contributed by atoms with Crippen LogP contribution in [0, 0.1) is 0 Å². The van der Waals surface area contributed by atoms with E-state index in [9.17, 15) is 9.90 Å². The number of carbonyl (C=O) groups excluding carboxylic acids is 1. The average Bonchev–Trinajstić information content (AvgIpc) is 3.15. The number of rotatable bonds is 6. The summed E-state index contributed by atoms with van der Waals surface area (Å²) in [6.07, 6.45) is 2.67. The van der Waals surface area contributed by atoms with Crippen LogP contribution in [0.1, 0.15) is 5.56 Å². The predicted octanol–water partition coefficient (Wildman–Crippen LogP) is 3.44. The molecule has 2 aromatic carbocycles. The van der Waals surface area contributed by atoms with Crippen molar-refractivity contribution in [1.29, 1.82) is 0 Å². The maximum Gasteiger partial charge on any atom is 0.344 e. The smallest absolute Gasteiger partial charge is 0.344 e. The van der Waals surface area contributed by atoms with E-state index in [4.69, 9.17) is 32.7 Å². The lowest BCUT2D eigenvalue weighted by Gasteiger charge is -2.26. The van der Waals surface area contributed by atoms with Gasteiger partial charge in [0.1, 0.15) is 24.2 Å². The van der Waals surface area contributed by atoms with Gasteiger partial charge in [0.2, 0.25) is 5.60 Å². The van der Waals surface area contributed by atoms with Crippen LogP contribution in [0.4, 0.5) is 0 Å². The van der Waals surface area contributed by atoms with E-state index in [1.54, 1.807) is 30.3 Å². The largest absolute Gasteiger partial charge is 0.467 e. The lowest BCUT2D eigenvalue weighted by molar-refractivity contribution is -0.165. The number of ether oxygens (including phenoxy) is 2. The molecule has 140 valence electrons. The van der Waals surface area contributed by atoms with Gasteiger partial charge in [-0.2, -0.15) is 5.10 Å². The lowest BCUT2D eigenvalue weighted by atomic mass is 9.93. The molecule has 7 nitrogen and oxygen atoms in total. The Morgan fingerprint density at radius 2 is 1.89 bits per heavy atom. The zero-order valence-electron chi connectivity index (χ0n) is 14.2. The van der Waals surface area contributed by atoms with E-state index in [-0.39, 0.29) is 17.1 Å². The first kappa shape index (κ1) is 19.2. The molecule has 1 heterocycles. The van der Waals surface area contributed by atoms with Gasteiger partial charge in [0.25, 0.3) is 0 Å². The predicted molar refractivity (Wildman–Crippen MR) is 98.9 cm³/mol. The van der Waals surface area contributed by atoms with Crippen molar-refractivity contribution in [1.82, 2.24) is 14.8 Å². The Kier molecular flexibility index (Phi) is 5.65. The molecule has 0 fully saturated rings. The minimum absolute atomic E-state index is 0.134. The van der Waals surface area contributed by atoms with E-state index in [1.807, 2.05) is 0 Å². The molecule has 0 saturated heterocycles. The second kappa shape index (κ2) is 7.96. The second-order valence-corrected chi connectivity index (χ2v) is 6.49. The fourth-order valence-corrected chi connectivity index (χ4v) is 2.96. The normalized spacial score (nSPS) is 13.0. The number of hydrogen-bond acceptors (Lipinski definition) is 6. The Morgan fingerprint density at radius 1 is 1.19 bits per heavy atom. The van der Waals surface area contributed by atoms with Gasteiger partial charge in [-0.15, -0.1) is 0 Å². The molecule has 1 unspecified atom stereocenters. The number of halogens is 2. The number of benzene rings is 2. The number of carbonyl (C=O) groups is 1. The molecule has 3 rings (SSSR count). The van der Waals surface area contributed by atoms with Gasteiger partial charge in [-0.1, -0.05) is 29.3 Å². The van der Waals surface area contributed by atoms with Crippen LogP contribution in [-0.2, 0) is 21.7 Å². The number of aliphatic hydroxyl groups is 1. The second-order valence-electron chi connectivity index (χ2n) is 5.64. The molecule has 0 amide bonds. The maximum atomic E-state index is 12.3. The quantitative estimate of drug-likeness (QED) is 0.629. The van der Waals surface area contributed by atoms with Gasteiger partial charge in [0, 0.05) is 10.6 Å². The van der Waals surface area contributed by atoms with E-state index in [2.05, 4.69) is 10.1 Å². The van der Waals surface area contributed by atoms with Crippen molar-refractivity contribution in [3.8, 4) is 11.5 Å². The van der Waals surface area contributed by atoms with Gasteiger partial charge in [0.15, 0.2) is 0 Å². The van der Waals surface area contributed by atoms with Gasteiger partial charge < -0.3 is 14.6 Å². The molecule has 0 aliphatic carbocycles. The van der Waals surface area contributed by atoms with Crippen molar-refractivity contribution >= 4 is 29.2 Å². The van der Waals surface area contributed by atoms with Crippen molar-refractivity contribution in [3.63, 3.8) is 0 Å². The monoisotopic (exact) mass is 407 g/mol. The molecule has 3 aromatic rings. The highest BCUT2D eigenvalue weighted by Gasteiger charge is 2.42. The van der Waals surface area contributed by atoms with Gasteiger partial charge >= 0.3 is 5.97 Å². The molecular weight excluding hydrogens is 393 g/mol. The van der Waals surface area contributed by atoms with Crippen LogP contribution in [-0.4, -0.2) is 33.0 Å². The van der Waals surface area contributed by atoms with Crippen LogP contribution in [0.2, 0.25) is 10.0 Å². The summed E-state index contributed by atoms with van der Waals surface area (Å²) in [5, 5.41) is 15.6. The Hall–Kier alpha value is -2.61. The summed E-state index contributed by atoms with van der Waals surface area (Å²) in [7, 11) is 1.18. The van der Waals surface area contributed by atoms with Crippen LogP contribution >= 0.6 is 23.2 Å². The van der Waals surface area contributed by atoms with Crippen molar-refractivity contribution in [2.45, 2.75) is 12.1 Å². The van der Waals surface area contributed by atoms with Crippen LogP contribution in [0.15, 0.2) is 55.1 Å². The number of hydrogen-bond donors (Lipinski definition) is 1. The van der Waals surface area contributed by atoms with Crippen molar-refractivity contribution in [2.75, 3.05) is 7.11 Å². The zero-order chi connectivity index (χ0) is 19.4. The third-order valence-corrected chi connectivity index (χ3v) is 4.38. The number of nitrogens with zero attached hydrogens (tertiary/aromatic N) is 3. The van der Waals surface area contributed by atoms with E-state index in [0.717, 1.165) is 0 Å². The summed E-state index contributed by atoms with van der Waals surface area (Å²) in [5.74, 6) is 0.124. The summed E-state index contributed by atoms with van der Waals surface area (Å²) in [6.45, 7) is -0.212. The number of aromatic nitrogens is 3. The maximum absolute atomic E-state index is 12.3. The summed E-state index contributed by atoms with van der Waals surface area (Å²) in [5.41, 5.74) is -1.88. The van der Waals surface area contributed by atoms with Crippen molar-refractivity contribution in [2.24, 2.45) is 0 Å². The molecule has 0 bridgehead atoms. The highest BCUT2D eigenvalue weighted by molar-refractivity contribution is 6.32. The highest BCUT2D eigenvalue weighted by Crippen LogP contribution is 2.35. The third-order valence-electron chi connectivity index (χ3n) is 3.82. The Morgan fingerprint density at radius 3 is 2.48 bits per heavy atom. The zero-order valence-corrected chi connectivity index (χ0v) is 15.7. The summed E-state index contributed by atoms with van der Waals surface area (Å²) >= 11 is 12.2. The number of methoxy groups -OCH3 is 1. The van der Waals surface area contributed by atoms with E-state index >= 15 is 0 Å². The molecule has 27 heavy (non-hydrogen) atoms. The molecule has 1 atom stereocenters. The lowest BCUT2D eigenvalue weighted by Crippen LogP contribution is -2.41. The third kappa shape index (κ3) is 4.21. The molecule has 1 N–H and O–H groups in total. The van der Waals surface area contributed by atoms with E-state index < -0.39 is 11.6 Å². The van der Waals surface area contributed by atoms with Crippen LogP contribution in [0.25, 0.3) is 0 Å². The first-order valence-electron chi connectivity index (χ1n) is 7.79. The average molecular weight is 408 g/mol. The van der Waals surface area contributed by atoms with Gasteiger partial charge in [-0.05, 0) is 36.4 Å². The first-order valence-corrected chi connectivity index (χ1v) is 8.54. The Balaban J connectivity index is 1.91. The molecule has 0 aliphatic heterocycles. The summed E-state index contributed by atoms with van der Waals surface area (Å²) < 4.78 is 11.8. The fraction of sp³-hybridized carbons (Fsp3) is 0.167. The van der Waals surface area contributed by atoms with Crippen LogP contribution < -0.4 is 4.74 Å².